The maximum absolute atomic E-state index is 13.3. The van der Waals surface area contributed by atoms with Crippen LogP contribution >= 0.6 is 26.8 Å². The van der Waals surface area contributed by atoms with E-state index in [1.165, 1.54) is 6.33 Å². The Hall–Kier alpha value is -5.55. The number of hydrogen-bond donors (Lipinski definition) is 3. The SMILES string of the molecule is CC(C)(C)C(=O)OCOP(=O)(C/C=C/Cn1cnc2c(Cl)nc(N)nc21)OCOC(=O)C(C)(C)C.CC(C)(C)C(=O)OCOP(=O)(C/C=C/Cn1cnc2c(NC3CC3)nc(N)nc21)OCOC(=O)C(C)(C)C. The Labute approximate surface area is 428 Å². The molecule has 0 amide bonds. The summed E-state index contributed by atoms with van der Waals surface area (Å²) in [5, 5.41) is 3.44. The number of carbonyl (C=O) groups excluding carboxylic acids is 4. The maximum atomic E-state index is 13.3. The monoisotopic (exact) mass is 1080 g/mol. The average Bonchev–Trinajstić information content (AvgIpc) is 3.85. The molecule has 1 fully saturated rings. The summed E-state index contributed by atoms with van der Waals surface area (Å²) in [4.78, 5) is 73.1. The number of nitrogens with two attached hydrogens (primary N) is 2. The van der Waals surface area contributed by atoms with Crippen LogP contribution in [0.5, 0.6) is 0 Å². The molecule has 4 heterocycles. The number of esters is 4. The molecule has 4 aromatic heterocycles. The maximum Gasteiger partial charge on any atom is 0.340 e. The fourth-order valence-electron chi connectivity index (χ4n) is 5.25. The molecule has 0 aliphatic heterocycles. The zero-order valence-electron chi connectivity index (χ0n) is 43.3. The van der Waals surface area contributed by atoms with E-state index in [4.69, 9.17) is 60.1 Å². The van der Waals surface area contributed by atoms with E-state index in [9.17, 15) is 28.3 Å². The minimum atomic E-state index is -3.84. The zero-order valence-corrected chi connectivity index (χ0v) is 45.9. The van der Waals surface area contributed by atoms with Crippen LogP contribution in [0.25, 0.3) is 22.3 Å². The molecule has 0 saturated heterocycles. The highest BCUT2D eigenvalue weighted by atomic mass is 35.5. The molecule has 25 nitrogen and oxygen atoms in total. The number of aromatic nitrogens is 8. The standard InChI is InChI=1S/C24H37N6O7P.C21H31ClN5O7P/c1-23(2,3)20(31)34-14-36-38(33,37-15-35-21(32)24(4,5)6)12-8-7-11-30-13-26-17-18(27-16-9-10-16)28-22(25)29-19(17)30;1-20(2,3)17(28)31-12-33-35(30,34-13-32-18(29)21(4,5)6)10-8-7-9-27-11-24-14-15(22)25-19(23)26-16(14)27/h7-8,13,16H,9-12,14-15H2,1-6H3,(H3,25,27,28,29);7-8,11H,9-10,12-13H2,1-6H3,(H2,23,25,26)/b2*8-7+. The molecule has 73 heavy (non-hydrogen) atoms. The van der Waals surface area contributed by atoms with Crippen LogP contribution in [0.1, 0.15) is 95.9 Å². The fraction of sp³-hybridized carbons (Fsp3) is 0.600. The molecule has 404 valence electrons. The molecule has 28 heteroatoms. The summed E-state index contributed by atoms with van der Waals surface area (Å²) in [6.07, 6.45) is 11.5. The summed E-state index contributed by atoms with van der Waals surface area (Å²) in [5.41, 5.74) is 10.5. The van der Waals surface area contributed by atoms with Gasteiger partial charge in [-0.1, -0.05) is 35.9 Å². The van der Waals surface area contributed by atoms with Crippen LogP contribution < -0.4 is 16.8 Å². The smallest absolute Gasteiger partial charge is 0.340 e. The number of carbonyl (C=O) groups is 4. The van der Waals surface area contributed by atoms with Crippen LogP contribution in [-0.4, -0.2) is 108 Å². The van der Waals surface area contributed by atoms with E-state index in [0.29, 0.717) is 47.3 Å². The lowest BCUT2D eigenvalue weighted by Gasteiger charge is -2.21. The number of hydrogen-bond acceptors (Lipinski definition) is 23. The van der Waals surface area contributed by atoms with E-state index in [1.807, 2.05) is 0 Å². The molecule has 1 aliphatic rings. The van der Waals surface area contributed by atoms with Crippen LogP contribution in [0.15, 0.2) is 37.0 Å². The highest BCUT2D eigenvalue weighted by molar-refractivity contribution is 7.54. The first kappa shape index (κ1) is 60.0. The molecule has 0 atom stereocenters. The van der Waals surface area contributed by atoms with Crippen LogP contribution in [0.4, 0.5) is 17.7 Å². The van der Waals surface area contributed by atoms with Gasteiger partial charge in [-0.3, -0.25) is 46.4 Å². The predicted octanol–water partition coefficient (Wildman–Crippen LogP) is 7.80. The van der Waals surface area contributed by atoms with Crippen LogP contribution in [0.2, 0.25) is 5.15 Å². The molecular formula is C45H68ClN11O14P2. The second kappa shape index (κ2) is 25.1. The molecule has 0 radical (unpaired) electrons. The van der Waals surface area contributed by atoms with Gasteiger partial charge in [0.05, 0.1) is 46.6 Å². The third kappa shape index (κ3) is 19.3. The van der Waals surface area contributed by atoms with Gasteiger partial charge in [0.15, 0.2) is 27.8 Å². The number of nitrogens with one attached hydrogen (secondary N) is 1. The van der Waals surface area contributed by atoms with Gasteiger partial charge in [-0.2, -0.15) is 19.9 Å². The number of rotatable bonds is 22. The quantitative estimate of drug-likeness (QED) is 0.0169. The number of allylic oxidation sites excluding steroid dienone is 4. The Bertz CT molecular complexity index is 2660. The molecule has 5 N–H and O–H groups in total. The lowest BCUT2D eigenvalue weighted by atomic mass is 9.98. The number of nitrogen functional groups attached to an aromatic ring is 2. The van der Waals surface area contributed by atoms with Gasteiger partial charge in [0.25, 0.3) is 0 Å². The van der Waals surface area contributed by atoms with Crippen molar-refractivity contribution in [3.63, 3.8) is 0 Å². The fourth-order valence-corrected chi connectivity index (χ4v) is 7.71. The second-order valence-corrected chi connectivity index (χ2v) is 25.2. The van der Waals surface area contributed by atoms with Crippen molar-refractivity contribution < 1.29 is 65.4 Å². The summed E-state index contributed by atoms with van der Waals surface area (Å²) >= 11 is 6.03. The third-order valence-corrected chi connectivity index (χ3v) is 13.2. The van der Waals surface area contributed by atoms with Gasteiger partial charge in [0, 0.05) is 19.1 Å². The van der Waals surface area contributed by atoms with E-state index in [-0.39, 0.29) is 29.4 Å². The molecule has 0 spiro atoms. The normalized spacial score (nSPS) is 13.8. The van der Waals surface area contributed by atoms with Crippen molar-refractivity contribution in [2.24, 2.45) is 21.7 Å². The molecule has 0 bridgehead atoms. The zero-order chi connectivity index (χ0) is 54.6. The molecule has 0 aromatic carbocycles. The first-order chi connectivity index (χ1) is 33.8. The van der Waals surface area contributed by atoms with Gasteiger partial charge in [0.1, 0.15) is 5.52 Å². The van der Waals surface area contributed by atoms with E-state index < -0.39 is 87.9 Å². The molecule has 1 saturated carbocycles. The first-order valence-corrected chi connectivity index (χ1v) is 26.8. The van der Waals surface area contributed by atoms with Crippen LogP contribution in [0.3, 0.4) is 0 Å². The minimum Gasteiger partial charge on any atom is -0.438 e. The molecule has 0 unspecified atom stereocenters. The van der Waals surface area contributed by atoms with Crippen LogP contribution in [-0.2, 0) is 78.4 Å². The van der Waals surface area contributed by atoms with Gasteiger partial charge in [-0.05, 0) is 95.9 Å². The van der Waals surface area contributed by atoms with Crippen molar-refractivity contribution in [1.29, 1.82) is 0 Å². The number of imidazole rings is 2. The highest BCUT2D eigenvalue weighted by Gasteiger charge is 2.31. The number of fused-ring (bicyclic) bond motifs is 2. The molecular weight excluding hydrogens is 1020 g/mol. The number of ether oxygens (including phenoxy) is 4. The summed E-state index contributed by atoms with van der Waals surface area (Å²) < 4.78 is 71.3. The predicted molar refractivity (Wildman–Crippen MR) is 270 cm³/mol. The van der Waals surface area contributed by atoms with Crippen LogP contribution in [0, 0.1) is 21.7 Å². The Morgan fingerprint density at radius 3 is 1.29 bits per heavy atom. The number of halogens is 1. The van der Waals surface area contributed by atoms with Gasteiger partial charge in [0.2, 0.25) is 39.1 Å². The van der Waals surface area contributed by atoms with E-state index >= 15 is 0 Å². The Morgan fingerprint density at radius 1 is 0.589 bits per heavy atom. The summed E-state index contributed by atoms with van der Waals surface area (Å²) in [6.45, 7) is 18.4. The third-order valence-electron chi connectivity index (χ3n) is 9.64. The largest absolute Gasteiger partial charge is 0.438 e. The summed E-state index contributed by atoms with van der Waals surface area (Å²) in [6, 6.07) is 0.372. The summed E-state index contributed by atoms with van der Waals surface area (Å²) in [5.74, 6) is -1.39. The van der Waals surface area contributed by atoms with Crippen molar-refractivity contribution in [3.8, 4) is 0 Å². The lowest BCUT2D eigenvalue weighted by molar-refractivity contribution is -0.163. The average molecular weight is 1080 g/mol. The van der Waals surface area contributed by atoms with Crippen molar-refractivity contribution >= 4 is 90.7 Å². The van der Waals surface area contributed by atoms with E-state index in [1.54, 1.807) is 123 Å². The van der Waals surface area contributed by atoms with Crippen molar-refractivity contribution in [3.05, 3.63) is 42.1 Å². The van der Waals surface area contributed by atoms with Gasteiger partial charge in [-0.25, -0.2) is 9.97 Å². The Morgan fingerprint density at radius 2 is 0.932 bits per heavy atom. The topological polar surface area (TPSA) is 328 Å². The van der Waals surface area contributed by atoms with Gasteiger partial charge >= 0.3 is 39.1 Å². The molecule has 1 aliphatic carbocycles. The lowest BCUT2D eigenvalue weighted by Crippen LogP contribution is -2.25. The van der Waals surface area contributed by atoms with E-state index in [0.717, 1.165) is 12.8 Å². The first-order valence-electron chi connectivity index (χ1n) is 22.9. The second-order valence-electron chi connectivity index (χ2n) is 20.6. The highest BCUT2D eigenvalue weighted by Crippen LogP contribution is 2.49. The number of nitrogens with zero attached hydrogens (tertiary/aromatic N) is 8. The molecule has 5 rings (SSSR count). The van der Waals surface area contributed by atoms with Crippen molar-refractivity contribution in [2.45, 2.75) is 115 Å². The molecule has 4 aromatic rings. The minimum absolute atomic E-state index is 0.00846. The van der Waals surface area contributed by atoms with Gasteiger partial charge < -0.3 is 44.9 Å². The van der Waals surface area contributed by atoms with Gasteiger partial charge in [-0.15, -0.1) is 0 Å². The number of anilines is 3. The Kier molecular flexibility index (Phi) is 20.6. The van der Waals surface area contributed by atoms with E-state index in [2.05, 4.69) is 35.2 Å². The van der Waals surface area contributed by atoms with Crippen molar-refractivity contribution in [2.75, 3.05) is 56.3 Å². The van der Waals surface area contributed by atoms with Crippen molar-refractivity contribution in [1.82, 2.24) is 39.0 Å². The Balaban J connectivity index is 0.000000318. The summed E-state index contributed by atoms with van der Waals surface area (Å²) in [7, 11) is -7.68.